The minimum Gasteiger partial charge on any atom is -0.381 e. The SMILES string of the molecule is Cc1nnn(C)c1-c1cnc2c3ccc(N4CCC(C#N)CC4)nc3n([C@H](c3ccccc3F)C3CCOCC3)c2c1. The Hall–Kier alpha value is -4.36. The van der Waals surface area contributed by atoms with Crippen molar-refractivity contribution in [3.63, 3.8) is 0 Å². The van der Waals surface area contributed by atoms with Crippen LogP contribution in [0.4, 0.5) is 10.2 Å². The van der Waals surface area contributed by atoms with Crippen LogP contribution in [-0.4, -0.2) is 55.8 Å². The van der Waals surface area contributed by atoms with Crippen molar-refractivity contribution in [3.8, 4) is 17.3 Å². The third-order valence-corrected chi connectivity index (χ3v) is 8.96. The quantitative estimate of drug-likeness (QED) is 0.275. The van der Waals surface area contributed by atoms with E-state index in [1.54, 1.807) is 16.8 Å². The maximum Gasteiger partial charge on any atom is 0.145 e. The van der Waals surface area contributed by atoms with E-state index in [1.807, 2.05) is 32.3 Å². The van der Waals surface area contributed by atoms with Crippen LogP contribution in [0.2, 0.25) is 0 Å². The number of ether oxygens (including phenoxy) is 1. The first kappa shape index (κ1) is 26.5. The molecule has 2 aliphatic heterocycles. The first-order chi connectivity index (χ1) is 20.5. The Morgan fingerprint density at radius 2 is 1.86 bits per heavy atom. The molecule has 0 N–H and O–H groups in total. The van der Waals surface area contributed by atoms with Crippen LogP contribution in [0, 0.1) is 35.9 Å². The summed E-state index contributed by atoms with van der Waals surface area (Å²) in [4.78, 5) is 12.5. The lowest BCUT2D eigenvalue weighted by Gasteiger charge is -2.33. The molecule has 0 bridgehead atoms. The molecule has 1 atom stereocenters. The van der Waals surface area contributed by atoms with Crippen molar-refractivity contribution in [2.24, 2.45) is 18.9 Å². The molecule has 2 aliphatic rings. The van der Waals surface area contributed by atoms with Crippen molar-refractivity contribution in [2.75, 3.05) is 31.2 Å². The van der Waals surface area contributed by atoms with Gasteiger partial charge in [0.25, 0.3) is 0 Å². The van der Waals surface area contributed by atoms with Crippen molar-refractivity contribution in [3.05, 3.63) is 65.7 Å². The molecule has 10 heteroatoms. The van der Waals surface area contributed by atoms with Gasteiger partial charge in [0.2, 0.25) is 0 Å². The normalized spacial score (nSPS) is 17.6. The van der Waals surface area contributed by atoms with Crippen LogP contribution in [0.25, 0.3) is 33.3 Å². The number of pyridine rings is 2. The molecule has 0 unspecified atom stereocenters. The number of halogens is 1. The van der Waals surface area contributed by atoms with Crippen molar-refractivity contribution in [2.45, 2.75) is 38.6 Å². The summed E-state index contributed by atoms with van der Waals surface area (Å²) in [6.45, 7) is 4.78. The second kappa shape index (κ2) is 10.8. The zero-order valence-corrected chi connectivity index (χ0v) is 23.9. The molecule has 9 nitrogen and oxygen atoms in total. The predicted molar refractivity (Wildman–Crippen MR) is 158 cm³/mol. The topological polar surface area (TPSA) is 97.7 Å². The minimum absolute atomic E-state index is 0.0861. The Kier molecular flexibility index (Phi) is 6.82. The first-order valence-corrected chi connectivity index (χ1v) is 14.7. The summed E-state index contributed by atoms with van der Waals surface area (Å²) in [7, 11) is 1.88. The van der Waals surface area contributed by atoms with Crippen LogP contribution < -0.4 is 4.90 Å². The van der Waals surface area contributed by atoms with Gasteiger partial charge in [-0.3, -0.25) is 4.98 Å². The maximum absolute atomic E-state index is 15.7. The Morgan fingerprint density at radius 3 is 2.57 bits per heavy atom. The molecule has 2 fully saturated rings. The Morgan fingerprint density at radius 1 is 1.07 bits per heavy atom. The van der Waals surface area contributed by atoms with Gasteiger partial charge in [-0.2, -0.15) is 5.26 Å². The average molecular weight is 565 g/mol. The van der Waals surface area contributed by atoms with Crippen LogP contribution in [-0.2, 0) is 11.8 Å². The summed E-state index contributed by atoms with van der Waals surface area (Å²) in [5.74, 6) is 0.877. The summed E-state index contributed by atoms with van der Waals surface area (Å²) >= 11 is 0. The van der Waals surface area contributed by atoms with Crippen LogP contribution in [0.1, 0.15) is 43.0 Å². The molecule has 7 rings (SSSR count). The number of fused-ring (bicyclic) bond motifs is 3. The third-order valence-electron chi connectivity index (χ3n) is 8.96. The van der Waals surface area contributed by atoms with E-state index < -0.39 is 0 Å². The number of aromatic nitrogens is 6. The van der Waals surface area contributed by atoms with Gasteiger partial charge >= 0.3 is 0 Å². The molecular formula is C32H33FN8O. The van der Waals surface area contributed by atoms with Gasteiger partial charge in [-0.15, -0.1) is 5.10 Å². The van der Waals surface area contributed by atoms with Crippen LogP contribution in [0.15, 0.2) is 48.7 Å². The molecule has 6 heterocycles. The van der Waals surface area contributed by atoms with Crippen molar-refractivity contribution >= 4 is 27.9 Å². The number of aryl methyl sites for hydroxylation is 2. The fourth-order valence-corrected chi connectivity index (χ4v) is 6.80. The highest BCUT2D eigenvalue weighted by Crippen LogP contribution is 2.42. The van der Waals surface area contributed by atoms with E-state index in [0.717, 1.165) is 83.6 Å². The van der Waals surface area contributed by atoms with Crippen molar-refractivity contribution in [1.29, 1.82) is 5.26 Å². The molecule has 0 amide bonds. The molecule has 214 valence electrons. The van der Waals surface area contributed by atoms with E-state index in [1.165, 1.54) is 0 Å². The highest BCUT2D eigenvalue weighted by molar-refractivity contribution is 6.05. The van der Waals surface area contributed by atoms with Crippen LogP contribution >= 0.6 is 0 Å². The Bertz CT molecular complexity index is 1790. The van der Waals surface area contributed by atoms with Gasteiger partial charge in [0.05, 0.1) is 34.5 Å². The van der Waals surface area contributed by atoms with Gasteiger partial charge in [-0.05, 0) is 62.8 Å². The predicted octanol–water partition coefficient (Wildman–Crippen LogP) is 5.58. The fraction of sp³-hybridized carbons (Fsp3) is 0.406. The maximum atomic E-state index is 15.7. The summed E-state index contributed by atoms with van der Waals surface area (Å²) in [6.07, 6.45) is 5.15. The van der Waals surface area contributed by atoms with Crippen molar-refractivity contribution < 1.29 is 9.13 Å². The van der Waals surface area contributed by atoms with E-state index >= 15 is 4.39 Å². The molecular weight excluding hydrogens is 531 g/mol. The van der Waals surface area contributed by atoms with E-state index in [2.05, 4.69) is 44.0 Å². The Balaban J connectivity index is 1.49. The monoisotopic (exact) mass is 564 g/mol. The Labute approximate surface area is 243 Å². The third kappa shape index (κ3) is 4.49. The largest absolute Gasteiger partial charge is 0.381 e. The second-order valence-corrected chi connectivity index (χ2v) is 11.5. The molecule has 0 radical (unpaired) electrons. The number of benzene rings is 1. The van der Waals surface area contributed by atoms with E-state index in [0.29, 0.717) is 18.8 Å². The van der Waals surface area contributed by atoms with Gasteiger partial charge in [0, 0.05) is 62.0 Å². The van der Waals surface area contributed by atoms with Gasteiger partial charge < -0.3 is 14.2 Å². The van der Waals surface area contributed by atoms with Gasteiger partial charge in [0.1, 0.15) is 17.3 Å². The highest BCUT2D eigenvalue weighted by Gasteiger charge is 2.33. The number of nitriles is 1. The number of piperidine rings is 1. The number of hydrogen-bond acceptors (Lipinski definition) is 7. The first-order valence-electron chi connectivity index (χ1n) is 14.7. The minimum atomic E-state index is -0.301. The van der Waals surface area contributed by atoms with Crippen molar-refractivity contribution in [1.82, 2.24) is 29.5 Å². The van der Waals surface area contributed by atoms with E-state index in [4.69, 9.17) is 14.7 Å². The zero-order chi connectivity index (χ0) is 28.8. The van der Waals surface area contributed by atoms with Crippen LogP contribution in [0.3, 0.4) is 0 Å². The van der Waals surface area contributed by atoms with Crippen LogP contribution in [0.5, 0.6) is 0 Å². The van der Waals surface area contributed by atoms with Gasteiger partial charge in [-0.25, -0.2) is 14.1 Å². The second-order valence-electron chi connectivity index (χ2n) is 11.5. The smallest absolute Gasteiger partial charge is 0.145 e. The summed E-state index contributed by atoms with van der Waals surface area (Å²) < 4.78 is 25.4. The zero-order valence-electron chi connectivity index (χ0n) is 23.9. The molecule has 2 saturated heterocycles. The molecule has 42 heavy (non-hydrogen) atoms. The van der Waals surface area contributed by atoms with E-state index in [9.17, 15) is 5.26 Å². The standard InChI is InChI=1S/C32H33FN8O/c1-20-30(39(2)38-37-20)23-17-27-29(35-19-23)25-7-8-28(40-13-9-21(18-34)10-14-40)36-32(25)41(27)31(22-11-15-42-16-12-22)24-5-3-4-6-26(24)33/h3-8,17,19,21-22,31H,9-16H2,1-2H3/t31-/m0/s1. The lowest BCUT2D eigenvalue weighted by atomic mass is 9.86. The fourth-order valence-electron chi connectivity index (χ4n) is 6.80. The van der Waals surface area contributed by atoms with Gasteiger partial charge in [-0.1, -0.05) is 23.4 Å². The summed E-state index contributed by atoms with van der Waals surface area (Å²) in [6, 6.07) is 15.5. The van der Waals surface area contributed by atoms with E-state index in [-0.39, 0.29) is 23.7 Å². The molecule has 0 aliphatic carbocycles. The number of anilines is 1. The molecule has 4 aromatic heterocycles. The number of rotatable bonds is 5. The molecule has 0 spiro atoms. The molecule has 1 aromatic carbocycles. The summed E-state index contributed by atoms with van der Waals surface area (Å²) in [5.41, 5.74) is 5.77. The lowest BCUT2D eigenvalue weighted by Crippen LogP contribution is -2.34. The number of hydrogen-bond donors (Lipinski definition) is 0. The lowest BCUT2D eigenvalue weighted by molar-refractivity contribution is 0.0548. The summed E-state index contributed by atoms with van der Waals surface area (Å²) in [5, 5.41) is 18.8. The highest BCUT2D eigenvalue weighted by atomic mass is 19.1. The molecule has 0 saturated carbocycles. The van der Waals surface area contributed by atoms with Gasteiger partial charge in [0.15, 0.2) is 0 Å². The number of nitrogens with zero attached hydrogens (tertiary/aromatic N) is 8. The average Bonchev–Trinajstić information content (AvgIpc) is 3.53. The molecule has 5 aromatic rings.